The van der Waals surface area contributed by atoms with E-state index in [0.717, 1.165) is 22.4 Å². The molecule has 0 atom stereocenters. The molecule has 3 heterocycles. The first-order valence-electron chi connectivity index (χ1n) is 10.8. The van der Waals surface area contributed by atoms with Crippen molar-refractivity contribution in [1.82, 2.24) is 24.8 Å². The number of amides is 1. The zero-order valence-electron chi connectivity index (χ0n) is 18.8. The molecule has 8 heteroatoms. The number of hydrogen-bond donors (Lipinski definition) is 1. The summed E-state index contributed by atoms with van der Waals surface area (Å²) in [5.74, 6) is 1.04. The van der Waals surface area contributed by atoms with Gasteiger partial charge in [-0.3, -0.25) is 9.78 Å². The van der Waals surface area contributed by atoms with E-state index in [1.54, 1.807) is 16.9 Å². The Morgan fingerprint density at radius 3 is 2.65 bits per heavy atom. The summed E-state index contributed by atoms with van der Waals surface area (Å²) in [7, 11) is 0. The van der Waals surface area contributed by atoms with Crippen LogP contribution in [0.3, 0.4) is 0 Å². The van der Waals surface area contributed by atoms with E-state index in [0.29, 0.717) is 22.9 Å². The Bertz CT molecular complexity index is 1480. The fourth-order valence-corrected chi connectivity index (χ4v) is 3.52. The third-order valence-corrected chi connectivity index (χ3v) is 5.47. The van der Waals surface area contributed by atoms with Gasteiger partial charge in [-0.1, -0.05) is 18.2 Å². The lowest BCUT2D eigenvalue weighted by Crippen LogP contribution is -2.20. The van der Waals surface area contributed by atoms with E-state index in [4.69, 9.17) is 9.84 Å². The maximum atomic E-state index is 12.4. The Balaban J connectivity index is 1.33. The van der Waals surface area contributed by atoms with Crippen LogP contribution in [-0.2, 0) is 4.79 Å². The lowest BCUT2D eigenvalue weighted by molar-refractivity contribution is -0.118. The zero-order chi connectivity index (χ0) is 23.5. The van der Waals surface area contributed by atoms with Crippen LogP contribution in [-0.4, -0.2) is 37.3 Å². The van der Waals surface area contributed by atoms with Gasteiger partial charge in [-0.05, 0) is 73.5 Å². The molecule has 0 saturated heterocycles. The largest absolute Gasteiger partial charge is 0.484 e. The molecule has 0 unspecified atom stereocenters. The normalized spacial score (nSPS) is 10.9. The van der Waals surface area contributed by atoms with Crippen LogP contribution in [0.1, 0.15) is 11.1 Å². The van der Waals surface area contributed by atoms with E-state index in [1.165, 1.54) is 5.56 Å². The highest BCUT2D eigenvalue weighted by atomic mass is 16.5. The number of nitrogens with zero attached hydrogens (tertiary/aromatic N) is 5. The zero-order valence-corrected chi connectivity index (χ0v) is 18.8. The molecule has 5 aromatic rings. The van der Waals surface area contributed by atoms with Crippen molar-refractivity contribution in [3.8, 4) is 28.4 Å². The topological polar surface area (TPSA) is 94.3 Å². The van der Waals surface area contributed by atoms with Gasteiger partial charge in [0.25, 0.3) is 5.91 Å². The number of ether oxygens (including phenoxy) is 1. The molecule has 1 amide bonds. The number of aryl methyl sites for hydroxylation is 2. The van der Waals surface area contributed by atoms with Crippen molar-refractivity contribution < 1.29 is 9.53 Å². The van der Waals surface area contributed by atoms with Crippen LogP contribution in [0.5, 0.6) is 5.75 Å². The lowest BCUT2D eigenvalue weighted by atomic mass is 10.1. The number of carbonyl (C=O) groups is 1. The van der Waals surface area contributed by atoms with Crippen LogP contribution < -0.4 is 10.1 Å². The Labute approximate surface area is 196 Å². The van der Waals surface area contributed by atoms with Crippen molar-refractivity contribution in [2.24, 2.45) is 0 Å². The number of hydrogen-bond acceptors (Lipinski definition) is 6. The van der Waals surface area contributed by atoms with Crippen molar-refractivity contribution in [3.05, 3.63) is 90.3 Å². The molecule has 34 heavy (non-hydrogen) atoms. The number of rotatable bonds is 6. The third-order valence-electron chi connectivity index (χ3n) is 5.47. The second-order valence-electron chi connectivity index (χ2n) is 7.92. The predicted octanol–water partition coefficient (Wildman–Crippen LogP) is 4.49. The Morgan fingerprint density at radius 1 is 0.941 bits per heavy atom. The van der Waals surface area contributed by atoms with Gasteiger partial charge in [0, 0.05) is 29.2 Å². The summed E-state index contributed by atoms with van der Waals surface area (Å²) >= 11 is 0. The highest BCUT2D eigenvalue weighted by Crippen LogP contribution is 2.23. The van der Waals surface area contributed by atoms with Crippen LogP contribution in [0.2, 0.25) is 0 Å². The number of nitrogens with one attached hydrogen (secondary N) is 1. The summed E-state index contributed by atoms with van der Waals surface area (Å²) in [4.78, 5) is 16.6. The van der Waals surface area contributed by atoms with Crippen LogP contribution in [0.4, 0.5) is 5.69 Å². The van der Waals surface area contributed by atoms with Crippen molar-refractivity contribution in [1.29, 1.82) is 0 Å². The fraction of sp³-hybridized carbons (Fsp3) is 0.115. The molecule has 0 aliphatic heterocycles. The summed E-state index contributed by atoms with van der Waals surface area (Å²) < 4.78 is 7.33. The van der Waals surface area contributed by atoms with Crippen molar-refractivity contribution in [3.63, 3.8) is 0 Å². The molecule has 0 aliphatic rings. The molecular weight excluding hydrogens is 428 g/mol. The van der Waals surface area contributed by atoms with Crippen molar-refractivity contribution in [2.45, 2.75) is 13.8 Å². The Morgan fingerprint density at radius 2 is 1.82 bits per heavy atom. The van der Waals surface area contributed by atoms with Crippen LogP contribution in [0.15, 0.2) is 79.1 Å². The average molecular weight is 451 g/mol. The number of aromatic nitrogens is 5. The van der Waals surface area contributed by atoms with Gasteiger partial charge >= 0.3 is 0 Å². The molecule has 5 rings (SSSR count). The summed E-state index contributed by atoms with van der Waals surface area (Å²) in [6, 6.07) is 20.8. The van der Waals surface area contributed by atoms with Gasteiger partial charge in [-0.15, -0.1) is 10.2 Å². The molecule has 0 aliphatic carbocycles. The minimum Gasteiger partial charge on any atom is -0.484 e. The minimum atomic E-state index is -0.239. The van der Waals surface area contributed by atoms with Crippen molar-refractivity contribution in [2.75, 3.05) is 11.9 Å². The van der Waals surface area contributed by atoms with Gasteiger partial charge in [0.2, 0.25) is 0 Å². The number of benzene rings is 2. The second-order valence-corrected chi connectivity index (χ2v) is 7.92. The first-order valence-corrected chi connectivity index (χ1v) is 10.8. The SMILES string of the molecule is Cc1ccc(OCC(=O)Nc2cccc(-c3ccc4nnc(-c5cccnc5)n4n3)c2)cc1C. The predicted molar refractivity (Wildman–Crippen MR) is 129 cm³/mol. The maximum absolute atomic E-state index is 12.4. The third kappa shape index (κ3) is 4.47. The molecule has 3 aromatic heterocycles. The van der Waals surface area contributed by atoms with Gasteiger partial charge in [-0.2, -0.15) is 9.61 Å². The monoisotopic (exact) mass is 450 g/mol. The van der Waals surface area contributed by atoms with Crippen LogP contribution in [0, 0.1) is 13.8 Å². The van der Waals surface area contributed by atoms with E-state index < -0.39 is 0 Å². The standard InChI is InChI=1S/C26H22N6O2/c1-17-8-9-22(13-18(17)2)34-16-25(33)28-21-7-3-5-19(14-21)23-10-11-24-29-30-26(32(24)31-23)20-6-4-12-27-15-20/h3-15H,16H2,1-2H3,(H,28,33). The molecule has 168 valence electrons. The van der Waals surface area contributed by atoms with E-state index in [2.05, 4.69) is 20.5 Å². The average Bonchev–Trinajstić information content (AvgIpc) is 3.29. The Kier molecular flexibility index (Phi) is 5.70. The van der Waals surface area contributed by atoms with Gasteiger partial charge < -0.3 is 10.1 Å². The number of fused-ring (bicyclic) bond motifs is 1. The summed E-state index contributed by atoms with van der Waals surface area (Å²) in [6.45, 7) is 3.97. The molecule has 0 bridgehead atoms. The quantitative estimate of drug-likeness (QED) is 0.410. The first kappa shape index (κ1) is 21.3. The summed E-state index contributed by atoms with van der Waals surface area (Å²) in [5.41, 5.74) is 5.99. The van der Waals surface area contributed by atoms with Gasteiger partial charge in [0.1, 0.15) is 5.75 Å². The van der Waals surface area contributed by atoms with Crippen LogP contribution in [0.25, 0.3) is 28.3 Å². The lowest BCUT2D eigenvalue weighted by Gasteiger charge is -2.10. The second kappa shape index (κ2) is 9.11. The Hall–Kier alpha value is -4.59. The molecule has 2 aromatic carbocycles. The number of carbonyl (C=O) groups excluding carboxylic acids is 1. The molecule has 1 N–H and O–H groups in total. The first-order chi connectivity index (χ1) is 16.6. The summed E-state index contributed by atoms with van der Waals surface area (Å²) in [6.07, 6.45) is 3.43. The molecule has 8 nitrogen and oxygen atoms in total. The fourth-order valence-electron chi connectivity index (χ4n) is 3.52. The minimum absolute atomic E-state index is 0.0773. The van der Waals surface area contributed by atoms with E-state index in [9.17, 15) is 4.79 Å². The molecular formula is C26H22N6O2. The van der Waals surface area contributed by atoms with E-state index in [-0.39, 0.29) is 12.5 Å². The molecule has 0 saturated carbocycles. The smallest absolute Gasteiger partial charge is 0.262 e. The van der Waals surface area contributed by atoms with Crippen LogP contribution >= 0.6 is 0 Å². The van der Waals surface area contributed by atoms with Gasteiger partial charge in [-0.25, -0.2) is 0 Å². The van der Waals surface area contributed by atoms with Gasteiger partial charge in [0.05, 0.1) is 5.69 Å². The van der Waals surface area contributed by atoms with E-state index >= 15 is 0 Å². The van der Waals surface area contributed by atoms with E-state index in [1.807, 2.05) is 80.6 Å². The maximum Gasteiger partial charge on any atom is 0.262 e. The summed E-state index contributed by atoms with van der Waals surface area (Å²) in [5, 5.41) is 16.1. The molecule has 0 radical (unpaired) electrons. The highest BCUT2D eigenvalue weighted by Gasteiger charge is 2.12. The van der Waals surface area contributed by atoms with Crippen molar-refractivity contribution >= 4 is 17.2 Å². The number of pyridine rings is 1. The molecule has 0 spiro atoms. The van der Waals surface area contributed by atoms with Gasteiger partial charge in [0.15, 0.2) is 18.1 Å². The molecule has 0 fully saturated rings. The number of anilines is 1. The highest BCUT2D eigenvalue weighted by molar-refractivity contribution is 5.92.